The van der Waals surface area contributed by atoms with Crippen LogP contribution in [0.3, 0.4) is 0 Å². The van der Waals surface area contributed by atoms with Gasteiger partial charge in [-0.15, -0.1) is 11.3 Å². The summed E-state index contributed by atoms with van der Waals surface area (Å²) in [6.45, 7) is 8.79. The van der Waals surface area contributed by atoms with Gasteiger partial charge < -0.3 is 21.0 Å². The third kappa shape index (κ3) is 7.62. The van der Waals surface area contributed by atoms with Gasteiger partial charge in [0.2, 0.25) is 0 Å². The van der Waals surface area contributed by atoms with E-state index in [1.54, 1.807) is 56.8 Å². The molecule has 0 aliphatic heterocycles. The van der Waals surface area contributed by atoms with Crippen LogP contribution in [0.25, 0.3) is 37.8 Å². The molecule has 0 aliphatic carbocycles. The minimum Gasteiger partial charge on any atom is -0.481 e. The second kappa shape index (κ2) is 12.6. The number of carboxylic acid groups (broad SMARTS) is 1. The van der Waals surface area contributed by atoms with E-state index >= 15 is 0 Å². The van der Waals surface area contributed by atoms with Crippen LogP contribution >= 0.6 is 22.9 Å². The highest BCUT2D eigenvalue weighted by molar-refractivity contribution is 7.20. The fraction of sp³-hybridized carbons (Fsp3) is 0.242. The van der Waals surface area contributed by atoms with Crippen LogP contribution in [-0.2, 0) is 18.3 Å². The SMILES string of the molecule is CC(=N)/C(=C\C(=N)c1ccc2c(cnn2C)c1)c1nc2cc(C)c(CC(=O)O)c(-c3ccc(Cl)cc3)c2s1.CC(C)(C)O. The minimum absolute atomic E-state index is 0.124. The zero-order valence-electron chi connectivity index (χ0n) is 24.9. The van der Waals surface area contributed by atoms with Gasteiger partial charge in [0.25, 0.3) is 0 Å². The number of fused-ring (bicyclic) bond motifs is 2. The maximum atomic E-state index is 11.7. The highest BCUT2D eigenvalue weighted by Crippen LogP contribution is 2.40. The van der Waals surface area contributed by atoms with E-state index in [-0.39, 0.29) is 17.8 Å². The smallest absolute Gasteiger partial charge is 0.307 e. The Bertz CT molecular complexity index is 1890. The van der Waals surface area contributed by atoms with Gasteiger partial charge in [0, 0.05) is 39.9 Å². The maximum Gasteiger partial charge on any atom is 0.307 e. The van der Waals surface area contributed by atoms with Crippen LogP contribution in [0.2, 0.25) is 5.02 Å². The molecular weight excluding hydrogens is 582 g/mol. The van der Waals surface area contributed by atoms with Crippen LogP contribution in [0.4, 0.5) is 0 Å². The first-order valence-electron chi connectivity index (χ1n) is 13.5. The number of allylic oxidation sites excluding steroid dienone is 2. The Balaban J connectivity index is 0.000000782. The Kier molecular flexibility index (Phi) is 9.29. The van der Waals surface area contributed by atoms with E-state index in [0.29, 0.717) is 21.2 Å². The number of aryl methyl sites for hydroxylation is 2. The molecule has 0 atom stereocenters. The van der Waals surface area contributed by atoms with Crippen LogP contribution in [-0.4, -0.2) is 48.0 Å². The normalized spacial score (nSPS) is 11.9. The lowest BCUT2D eigenvalue weighted by molar-refractivity contribution is -0.136. The fourth-order valence-electron chi connectivity index (χ4n) is 4.54. The molecule has 222 valence electrons. The highest BCUT2D eigenvalue weighted by Gasteiger charge is 2.21. The second-order valence-electron chi connectivity index (χ2n) is 11.3. The average molecular weight is 616 g/mol. The van der Waals surface area contributed by atoms with Crippen molar-refractivity contribution in [2.75, 3.05) is 0 Å². The van der Waals surface area contributed by atoms with Crippen LogP contribution in [0.5, 0.6) is 0 Å². The second-order valence-corrected chi connectivity index (χ2v) is 12.7. The largest absolute Gasteiger partial charge is 0.481 e. The van der Waals surface area contributed by atoms with Gasteiger partial charge in [0.05, 0.1) is 39.7 Å². The molecule has 3 aromatic carbocycles. The van der Waals surface area contributed by atoms with Crippen molar-refractivity contribution in [1.82, 2.24) is 14.8 Å². The van der Waals surface area contributed by atoms with Gasteiger partial charge in [-0.3, -0.25) is 9.48 Å². The van der Waals surface area contributed by atoms with Gasteiger partial charge >= 0.3 is 5.97 Å². The number of aromatic nitrogens is 3. The number of rotatable bonds is 7. The summed E-state index contributed by atoms with van der Waals surface area (Å²) in [6.07, 6.45) is 3.31. The molecule has 4 N–H and O–H groups in total. The standard InChI is InChI=1S/C29H24ClN5O2S.C4H10O/c1-15-10-24-28(27(21(15)13-26(36)37)17-4-7-20(30)8-5-17)38-29(34-24)22(16(2)31)12-23(32)18-6-9-25-19(11-18)14-33-35(25)3;1-4(2,3)5/h4-12,14,31-32H,13H2,1-3H3,(H,36,37);5H,1-3H3/b22-12+,31-16?,32-23?;. The number of nitrogens with zero attached hydrogens (tertiary/aromatic N) is 3. The van der Waals surface area contributed by atoms with Gasteiger partial charge in [0.1, 0.15) is 5.01 Å². The van der Waals surface area contributed by atoms with Crippen molar-refractivity contribution in [3.8, 4) is 11.1 Å². The van der Waals surface area contributed by atoms with Crippen molar-refractivity contribution in [2.45, 2.75) is 46.6 Å². The summed E-state index contributed by atoms with van der Waals surface area (Å²) in [4.78, 5) is 16.6. The summed E-state index contributed by atoms with van der Waals surface area (Å²) in [5.41, 5.74) is 6.21. The van der Waals surface area contributed by atoms with E-state index in [9.17, 15) is 9.90 Å². The lowest BCUT2D eigenvalue weighted by Crippen LogP contribution is -2.10. The molecule has 0 saturated heterocycles. The Morgan fingerprint density at radius 2 is 1.77 bits per heavy atom. The zero-order chi connectivity index (χ0) is 31.6. The highest BCUT2D eigenvalue weighted by atomic mass is 35.5. The molecule has 0 unspecified atom stereocenters. The molecule has 0 fully saturated rings. The van der Waals surface area contributed by atoms with Crippen molar-refractivity contribution in [3.05, 3.63) is 87.5 Å². The van der Waals surface area contributed by atoms with Crippen molar-refractivity contribution in [1.29, 1.82) is 10.8 Å². The van der Waals surface area contributed by atoms with E-state index in [1.165, 1.54) is 11.3 Å². The molecule has 0 bridgehead atoms. The Morgan fingerprint density at radius 1 is 1.12 bits per heavy atom. The maximum absolute atomic E-state index is 11.7. The lowest BCUT2D eigenvalue weighted by Gasteiger charge is -2.13. The molecule has 0 aliphatic rings. The monoisotopic (exact) mass is 615 g/mol. The molecule has 8 nitrogen and oxygen atoms in total. The number of hydrogen-bond donors (Lipinski definition) is 4. The average Bonchev–Trinajstić information content (AvgIpc) is 3.49. The zero-order valence-corrected chi connectivity index (χ0v) is 26.5. The van der Waals surface area contributed by atoms with Crippen molar-refractivity contribution in [2.24, 2.45) is 7.05 Å². The molecule has 0 saturated carbocycles. The van der Waals surface area contributed by atoms with Crippen molar-refractivity contribution < 1.29 is 15.0 Å². The third-order valence-electron chi connectivity index (χ3n) is 6.45. The summed E-state index contributed by atoms with van der Waals surface area (Å²) in [6, 6.07) is 14.9. The van der Waals surface area contributed by atoms with E-state index < -0.39 is 11.6 Å². The molecule has 43 heavy (non-hydrogen) atoms. The first-order chi connectivity index (χ1) is 20.1. The van der Waals surface area contributed by atoms with Crippen LogP contribution < -0.4 is 0 Å². The minimum atomic E-state index is -0.914. The van der Waals surface area contributed by atoms with Crippen molar-refractivity contribution >= 4 is 67.0 Å². The van der Waals surface area contributed by atoms with Crippen LogP contribution in [0.1, 0.15) is 49.4 Å². The van der Waals surface area contributed by atoms with Crippen LogP contribution in [0, 0.1) is 17.7 Å². The van der Waals surface area contributed by atoms with Crippen LogP contribution in [0.15, 0.2) is 60.8 Å². The number of aliphatic hydroxyl groups is 1. The Labute approximate surface area is 259 Å². The number of hydrogen-bond acceptors (Lipinski definition) is 7. The predicted molar refractivity (Wildman–Crippen MR) is 177 cm³/mol. The number of halogens is 1. The van der Waals surface area contributed by atoms with Gasteiger partial charge in [-0.2, -0.15) is 5.10 Å². The number of benzene rings is 3. The Hall–Kier alpha value is -4.18. The fourth-order valence-corrected chi connectivity index (χ4v) is 5.88. The molecule has 0 amide bonds. The summed E-state index contributed by atoms with van der Waals surface area (Å²) in [5.74, 6) is -0.914. The van der Waals surface area contributed by atoms with E-state index in [0.717, 1.165) is 43.4 Å². The van der Waals surface area contributed by atoms with Gasteiger partial charge in [0.15, 0.2) is 0 Å². The van der Waals surface area contributed by atoms with Crippen molar-refractivity contribution in [3.63, 3.8) is 0 Å². The molecule has 2 heterocycles. The summed E-state index contributed by atoms with van der Waals surface area (Å²) >= 11 is 7.52. The number of carboxylic acids is 1. The number of aliphatic carboxylic acids is 1. The van der Waals surface area contributed by atoms with E-state index in [4.69, 9.17) is 32.5 Å². The van der Waals surface area contributed by atoms with Gasteiger partial charge in [-0.25, -0.2) is 4.98 Å². The number of thiazole rings is 1. The first-order valence-corrected chi connectivity index (χ1v) is 14.7. The third-order valence-corrected chi connectivity index (χ3v) is 7.83. The topological polar surface area (TPSA) is 136 Å². The van der Waals surface area contributed by atoms with Gasteiger partial charge in [-0.1, -0.05) is 29.8 Å². The van der Waals surface area contributed by atoms with Gasteiger partial charge in [-0.05, 0) is 87.7 Å². The number of carbonyl (C=O) groups is 1. The first kappa shape index (κ1) is 31.7. The molecule has 5 aromatic rings. The molecule has 10 heteroatoms. The molecule has 0 radical (unpaired) electrons. The Morgan fingerprint density at radius 3 is 2.37 bits per heavy atom. The summed E-state index contributed by atoms with van der Waals surface area (Å²) in [7, 11) is 1.87. The molecule has 2 aromatic heterocycles. The molecule has 5 rings (SSSR count). The lowest BCUT2D eigenvalue weighted by atomic mass is 9.93. The van der Waals surface area contributed by atoms with E-state index in [1.807, 2.05) is 50.4 Å². The molecular formula is C33H34ClN5O3S. The van der Waals surface area contributed by atoms with E-state index in [2.05, 4.69) is 5.10 Å². The molecule has 0 spiro atoms. The quantitative estimate of drug-likeness (QED) is 0.139. The number of nitrogens with one attached hydrogen (secondary N) is 2. The predicted octanol–water partition coefficient (Wildman–Crippen LogP) is 7.71. The summed E-state index contributed by atoms with van der Waals surface area (Å²) in [5, 5.41) is 41.8. The summed E-state index contributed by atoms with van der Waals surface area (Å²) < 4.78 is 2.62.